The summed E-state index contributed by atoms with van der Waals surface area (Å²) < 4.78 is 1.21. The third-order valence-corrected chi connectivity index (χ3v) is 3.87. The van der Waals surface area contributed by atoms with E-state index in [0.717, 1.165) is 17.0 Å². The fraction of sp³-hybridized carbons (Fsp3) is 0.143. The predicted octanol–water partition coefficient (Wildman–Crippen LogP) is 5.47. The van der Waals surface area contributed by atoms with Gasteiger partial charge in [0, 0.05) is 8.59 Å². The van der Waals surface area contributed by atoms with E-state index in [2.05, 4.69) is 40.8 Å². The van der Waals surface area contributed by atoms with Gasteiger partial charge in [-0.15, -0.1) is 11.6 Å². The van der Waals surface area contributed by atoms with Crippen LogP contribution in [0.4, 0.5) is 0 Å². The third-order valence-electron chi connectivity index (χ3n) is 2.54. The topological polar surface area (TPSA) is 0 Å². The molecule has 0 aliphatic heterocycles. The lowest BCUT2D eigenvalue weighted by Crippen LogP contribution is -1.96. The summed E-state index contributed by atoms with van der Waals surface area (Å²) in [4.78, 5) is 0. The highest BCUT2D eigenvalue weighted by Gasteiger charge is 2.09. The first-order valence-corrected chi connectivity index (χ1v) is 7.18. The molecule has 0 heterocycles. The van der Waals surface area contributed by atoms with Crippen LogP contribution in [0.2, 0.25) is 5.02 Å². The molecule has 88 valence electrons. The average Bonchev–Trinajstić information content (AvgIpc) is 2.32. The monoisotopic (exact) mass is 376 g/mol. The fourth-order valence-corrected chi connectivity index (χ4v) is 2.65. The van der Waals surface area contributed by atoms with Crippen LogP contribution < -0.4 is 0 Å². The van der Waals surface area contributed by atoms with Crippen molar-refractivity contribution in [3.05, 3.63) is 68.3 Å². The Bertz CT molecular complexity index is 494. The first-order valence-electron chi connectivity index (χ1n) is 5.29. The fourth-order valence-electron chi connectivity index (χ4n) is 1.65. The van der Waals surface area contributed by atoms with Gasteiger partial charge in [-0.05, 0) is 64.4 Å². The molecule has 1 unspecified atom stereocenters. The van der Waals surface area contributed by atoms with Crippen LogP contribution in [0.15, 0.2) is 48.5 Å². The number of benzene rings is 2. The van der Waals surface area contributed by atoms with Gasteiger partial charge in [0.1, 0.15) is 0 Å². The Morgan fingerprint density at radius 2 is 1.76 bits per heavy atom. The SMILES string of the molecule is Clc1ccc(CC(Cl)c2cccc(I)c2)cc1. The Morgan fingerprint density at radius 1 is 1.06 bits per heavy atom. The number of hydrogen-bond acceptors (Lipinski definition) is 0. The summed E-state index contributed by atoms with van der Waals surface area (Å²) in [5.41, 5.74) is 2.36. The second-order valence-electron chi connectivity index (χ2n) is 3.85. The zero-order chi connectivity index (χ0) is 12.3. The minimum absolute atomic E-state index is 0.00546. The molecule has 0 amide bonds. The molecule has 0 radical (unpaired) electrons. The van der Waals surface area contributed by atoms with Crippen molar-refractivity contribution in [2.24, 2.45) is 0 Å². The Morgan fingerprint density at radius 3 is 2.41 bits per heavy atom. The van der Waals surface area contributed by atoms with Crippen molar-refractivity contribution in [3.8, 4) is 0 Å². The molecule has 1 atom stereocenters. The van der Waals surface area contributed by atoms with Gasteiger partial charge in [-0.2, -0.15) is 0 Å². The van der Waals surface area contributed by atoms with E-state index in [4.69, 9.17) is 23.2 Å². The van der Waals surface area contributed by atoms with Crippen LogP contribution in [0.25, 0.3) is 0 Å². The Kier molecular flexibility index (Phi) is 4.71. The summed E-state index contributed by atoms with van der Waals surface area (Å²) in [6, 6.07) is 16.1. The van der Waals surface area contributed by atoms with E-state index in [1.807, 2.05) is 30.3 Å². The molecular formula is C14H11Cl2I. The molecule has 0 aromatic heterocycles. The van der Waals surface area contributed by atoms with E-state index in [1.165, 1.54) is 9.13 Å². The maximum absolute atomic E-state index is 6.42. The minimum Gasteiger partial charge on any atom is -0.117 e. The first kappa shape index (κ1) is 13.2. The van der Waals surface area contributed by atoms with E-state index in [-0.39, 0.29) is 5.38 Å². The highest BCUT2D eigenvalue weighted by atomic mass is 127. The summed E-state index contributed by atoms with van der Waals surface area (Å²) in [5, 5.41) is 0.764. The summed E-state index contributed by atoms with van der Waals surface area (Å²) in [7, 11) is 0. The molecule has 0 fully saturated rings. The summed E-state index contributed by atoms with van der Waals surface area (Å²) in [5.74, 6) is 0. The van der Waals surface area contributed by atoms with Crippen LogP contribution in [0.5, 0.6) is 0 Å². The van der Waals surface area contributed by atoms with Crippen LogP contribution in [0.1, 0.15) is 16.5 Å². The zero-order valence-corrected chi connectivity index (χ0v) is 12.7. The summed E-state index contributed by atoms with van der Waals surface area (Å²) in [6.45, 7) is 0. The average molecular weight is 377 g/mol. The second kappa shape index (κ2) is 6.07. The molecule has 0 saturated heterocycles. The molecule has 0 nitrogen and oxygen atoms in total. The van der Waals surface area contributed by atoms with Crippen LogP contribution in [-0.2, 0) is 6.42 Å². The van der Waals surface area contributed by atoms with Crippen molar-refractivity contribution in [1.29, 1.82) is 0 Å². The van der Waals surface area contributed by atoms with Gasteiger partial charge in [-0.1, -0.05) is 35.9 Å². The number of rotatable bonds is 3. The third kappa shape index (κ3) is 3.87. The van der Waals surface area contributed by atoms with Crippen molar-refractivity contribution in [1.82, 2.24) is 0 Å². The van der Waals surface area contributed by atoms with Gasteiger partial charge in [0.15, 0.2) is 0 Å². The normalized spacial score (nSPS) is 12.4. The van der Waals surface area contributed by atoms with Crippen molar-refractivity contribution in [3.63, 3.8) is 0 Å². The zero-order valence-electron chi connectivity index (χ0n) is 9.04. The van der Waals surface area contributed by atoms with Gasteiger partial charge >= 0.3 is 0 Å². The Labute approximate surface area is 125 Å². The molecule has 0 aliphatic rings. The van der Waals surface area contributed by atoms with Crippen molar-refractivity contribution in [2.75, 3.05) is 0 Å². The standard InChI is InChI=1S/C14H11Cl2I/c15-12-6-4-10(5-7-12)8-14(16)11-2-1-3-13(17)9-11/h1-7,9,14H,8H2. The largest absolute Gasteiger partial charge is 0.117 e. The number of alkyl halides is 1. The van der Waals surface area contributed by atoms with Crippen LogP contribution in [-0.4, -0.2) is 0 Å². The lowest BCUT2D eigenvalue weighted by atomic mass is 10.0. The summed E-state index contributed by atoms with van der Waals surface area (Å²) >= 11 is 14.6. The molecular weight excluding hydrogens is 366 g/mol. The molecule has 2 aromatic rings. The lowest BCUT2D eigenvalue weighted by Gasteiger charge is -2.10. The van der Waals surface area contributed by atoms with Gasteiger partial charge in [0.2, 0.25) is 0 Å². The van der Waals surface area contributed by atoms with Gasteiger partial charge in [-0.25, -0.2) is 0 Å². The van der Waals surface area contributed by atoms with E-state index >= 15 is 0 Å². The summed E-state index contributed by atoms with van der Waals surface area (Å²) in [6.07, 6.45) is 0.818. The second-order valence-corrected chi connectivity index (χ2v) is 6.06. The predicted molar refractivity (Wildman–Crippen MR) is 82.9 cm³/mol. The first-order chi connectivity index (χ1) is 8.15. The van der Waals surface area contributed by atoms with E-state index < -0.39 is 0 Å². The van der Waals surface area contributed by atoms with E-state index in [0.29, 0.717) is 0 Å². The molecule has 3 heteroatoms. The van der Waals surface area contributed by atoms with Crippen LogP contribution >= 0.6 is 45.8 Å². The molecule has 0 saturated carbocycles. The van der Waals surface area contributed by atoms with Gasteiger partial charge < -0.3 is 0 Å². The molecule has 0 spiro atoms. The highest BCUT2D eigenvalue weighted by Crippen LogP contribution is 2.26. The molecule has 0 bridgehead atoms. The molecule has 0 aliphatic carbocycles. The van der Waals surface area contributed by atoms with Crippen LogP contribution in [0, 0.1) is 3.57 Å². The smallest absolute Gasteiger partial charge is 0.0625 e. The number of halogens is 3. The van der Waals surface area contributed by atoms with Gasteiger partial charge in [-0.3, -0.25) is 0 Å². The van der Waals surface area contributed by atoms with Crippen molar-refractivity contribution in [2.45, 2.75) is 11.8 Å². The maximum Gasteiger partial charge on any atom is 0.0625 e. The minimum atomic E-state index is 0.00546. The molecule has 0 N–H and O–H groups in total. The van der Waals surface area contributed by atoms with E-state index in [9.17, 15) is 0 Å². The van der Waals surface area contributed by atoms with Gasteiger partial charge in [0.05, 0.1) is 5.38 Å². The van der Waals surface area contributed by atoms with Gasteiger partial charge in [0.25, 0.3) is 0 Å². The quantitative estimate of drug-likeness (QED) is 0.492. The molecule has 2 rings (SSSR count). The van der Waals surface area contributed by atoms with Crippen molar-refractivity contribution >= 4 is 45.8 Å². The van der Waals surface area contributed by atoms with E-state index in [1.54, 1.807) is 0 Å². The Balaban J connectivity index is 2.11. The van der Waals surface area contributed by atoms with Crippen molar-refractivity contribution < 1.29 is 0 Å². The molecule has 2 aromatic carbocycles. The number of hydrogen-bond donors (Lipinski definition) is 0. The van der Waals surface area contributed by atoms with Crippen LogP contribution in [0.3, 0.4) is 0 Å². The molecule has 17 heavy (non-hydrogen) atoms. The lowest BCUT2D eigenvalue weighted by molar-refractivity contribution is 0.919. The Hall–Kier alpha value is -0.250. The maximum atomic E-state index is 6.42. The highest BCUT2D eigenvalue weighted by molar-refractivity contribution is 14.1.